The van der Waals surface area contributed by atoms with Crippen LogP contribution in [0.15, 0.2) is 24.3 Å². The van der Waals surface area contributed by atoms with Crippen molar-refractivity contribution in [2.45, 2.75) is 39.2 Å². The van der Waals surface area contributed by atoms with E-state index < -0.39 is 5.97 Å². The molecule has 0 heterocycles. The molecule has 1 unspecified atom stereocenters. The van der Waals surface area contributed by atoms with E-state index in [2.05, 4.69) is 6.92 Å². The number of nitrogens with zero attached hydrogens (tertiary/aromatic N) is 1. The lowest BCUT2D eigenvalue weighted by molar-refractivity contribution is -0.131. The van der Waals surface area contributed by atoms with Gasteiger partial charge in [0.15, 0.2) is 0 Å². The average molecular weight is 263 g/mol. The van der Waals surface area contributed by atoms with Crippen LogP contribution in [0.2, 0.25) is 0 Å². The number of carboxylic acids is 1. The first-order chi connectivity index (χ1) is 8.95. The normalized spacial score (nSPS) is 11.9. The van der Waals surface area contributed by atoms with Gasteiger partial charge in [0.25, 0.3) is 0 Å². The highest BCUT2D eigenvalue weighted by Crippen LogP contribution is 2.10. The Kier molecular flexibility index (Phi) is 5.55. The maximum Gasteiger partial charge on any atom is 0.335 e. The van der Waals surface area contributed by atoms with E-state index in [0.29, 0.717) is 0 Å². The fraction of sp³-hybridized carbons (Fsp3) is 0.467. The third-order valence-corrected chi connectivity index (χ3v) is 3.29. The van der Waals surface area contributed by atoms with Crippen molar-refractivity contribution in [1.82, 2.24) is 4.90 Å². The highest BCUT2D eigenvalue weighted by Gasteiger charge is 2.15. The Morgan fingerprint density at radius 2 is 2.05 bits per heavy atom. The van der Waals surface area contributed by atoms with Crippen molar-refractivity contribution in [2.75, 3.05) is 7.05 Å². The van der Waals surface area contributed by atoms with E-state index in [0.717, 1.165) is 18.4 Å². The number of carbonyl (C=O) groups is 2. The molecule has 1 amide bonds. The van der Waals surface area contributed by atoms with Gasteiger partial charge in [-0.1, -0.05) is 25.5 Å². The largest absolute Gasteiger partial charge is 0.478 e. The molecule has 0 aromatic heterocycles. The highest BCUT2D eigenvalue weighted by atomic mass is 16.4. The monoisotopic (exact) mass is 263 g/mol. The van der Waals surface area contributed by atoms with Crippen molar-refractivity contribution in [3.63, 3.8) is 0 Å². The Hall–Kier alpha value is -1.84. The first kappa shape index (κ1) is 15.2. The van der Waals surface area contributed by atoms with E-state index in [1.807, 2.05) is 6.92 Å². The Morgan fingerprint density at radius 3 is 2.63 bits per heavy atom. The van der Waals surface area contributed by atoms with E-state index in [4.69, 9.17) is 5.11 Å². The predicted octanol–water partition coefficient (Wildman–Crippen LogP) is 2.57. The molecule has 0 spiro atoms. The minimum absolute atomic E-state index is 0.0171. The number of amides is 1. The lowest BCUT2D eigenvalue weighted by Crippen LogP contribution is -2.36. The number of aromatic carboxylic acids is 1. The van der Waals surface area contributed by atoms with Gasteiger partial charge in [0, 0.05) is 13.1 Å². The minimum Gasteiger partial charge on any atom is -0.478 e. The average Bonchev–Trinajstić information content (AvgIpc) is 2.38. The van der Waals surface area contributed by atoms with Crippen molar-refractivity contribution < 1.29 is 14.7 Å². The fourth-order valence-electron chi connectivity index (χ4n) is 1.97. The summed E-state index contributed by atoms with van der Waals surface area (Å²) in [7, 11) is 1.80. The second-order valence-electron chi connectivity index (χ2n) is 4.82. The van der Waals surface area contributed by atoms with Crippen molar-refractivity contribution in [2.24, 2.45) is 0 Å². The lowest BCUT2D eigenvalue weighted by atomic mass is 10.1. The number of carboxylic acid groups (broad SMARTS) is 1. The molecular formula is C15H21NO3. The van der Waals surface area contributed by atoms with Gasteiger partial charge in [-0.25, -0.2) is 4.79 Å². The second-order valence-corrected chi connectivity index (χ2v) is 4.82. The molecule has 0 radical (unpaired) electrons. The van der Waals surface area contributed by atoms with Crippen LogP contribution < -0.4 is 0 Å². The summed E-state index contributed by atoms with van der Waals surface area (Å²) in [4.78, 5) is 24.7. The van der Waals surface area contributed by atoms with Crippen LogP contribution in [-0.2, 0) is 11.2 Å². The number of benzene rings is 1. The number of hydrogen-bond acceptors (Lipinski definition) is 2. The van der Waals surface area contributed by atoms with E-state index in [1.54, 1.807) is 30.1 Å². The van der Waals surface area contributed by atoms with Gasteiger partial charge in [0.2, 0.25) is 5.91 Å². The van der Waals surface area contributed by atoms with E-state index in [9.17, 15) is 9.59 Å². The molecule has 0 saturated carbocycles. The lowest BCUT2D eigenvalue weighted by Gasteiger charge is -2.24. The van der Waals surface area contributed by atoms with Crippen LogP contribution in [0.25, 0.3) is 0 Å². The Morgan fingerprint density at radius 1 is 1.37 bits per heavy atom. The zero-order chi connectivity index (χ0) is 14.4. The van der Waals surface area contributed by atoms with Gasteiger partial charge in [0.05, 0.1) is 12.0 Å². The van der Waals surface area contributed by atoms with Crippen molar-refractivity contribution in [3.8, 4) is 0 Å². The SMILES string of the molecule is CCCC(C)N(C)C(=O)Cc1cccc(C(=O)O)c1. The van der Waals surface area contributed by atoms with E-state index >= 15 is 0 Å². The van der Waals surface area contributed by atoms with Crippen LogP contribution >= 0.6 is 0 Å². The summed E-state index contributed by atoms with van der Waals surface area (Å²) in [6.07, 6.45) is 2.25. The molecular weight excluding hydrogens is 242 g/mol. The maximum absolute atomic E-state index is 12.1. The standard InChI is InChI=1S/C15H21NO3/c1-4-6-11(2)16(3)14(17)10-12-7-5-8-13(9-12)15(18)19/h5,7-9,11H,4,6,10H2,1-3H3,(H,18,19). The molecule has 1 aromatic rings. The Labute approximate surface area is 114 Å². The quantitative estimate of drug-likeness (QED) is 0.858. The molecule has 4 nitrogen and oxygen atoms in total. The number of carbonyl (C=O) groups excluding carboxylic acids is 1. The van der Waals surface area contributed by atoms with Crippen molar-refractivity contribution in [3.05, 3.63) is 35.4 Å². The third kappa shape index (κ3) is 4.39. The van der Waals surface area contributed by atoms with Crippen LogP contribution in [0.3, 0.4) is 0 Å². The number of likely N-dealkylation sites (N-methyl/N-ethyl adjacent to an activating group) is 1. The molecule has 19 heavy (non-hydrogen) atoms. The zero-order valence-electron chi connectivity index (χ0n) is 11.7. The molecule has 0 saturated heterocycles. The summed E-state index contributed by atoms with van der Waals surface area (Å²) < 4.78 is 0. The van der Waals surface area contributed by atoms with Gasteiger partial charge in [-0.3, -0.25) is 4.79 Å². The minimum atomic E-state index is -0.970. The summed E-state index contributed by atoms with van der Waals surface area (Å²) in [6.45, 7) is 4.11. The molecule has 104 valence electrons. The molecule has 0 fully saturated rings. The van der Waals surface area contributed by atoms with Crippen LogP contribution in [0.4, 0.5) is 0 Å². The van der Waals surface area contributed by atoms with Gasteiger partial charge < -0.3 is 10.0 Å². The Balaban J connectivity index is 2.71. The summed E-state index contributed by atoms with van der Waals surface area (Å²) in [5, 5.41) is 8.92. The molecule has 0 aliphatic carbocycles. The topological polar surface area (TPSA) is 57.6 Å². The third-order valence-electron chi connectivity index (χ3n) is 3.29. The smallest absolute Gasteiger partial charge is 0.335 e. The van der Waals surface area contributed by atoms with Crippen LogP contribution in [0.5, 0.6) is 0 Å². The molecule has 0 aliphatic heterocycles. The number of rotatable bonds is 6. The molecule has 1 rings (SSSR count). The molecule has 0 bridgehead atoms. The van der Waals surface area contributed by atoms with Crippen molar-refractivity contribution >= 4 is 11.9 Å². The van der Waals surface area contributed by atoms with Gasteiger partial charge in [-0.05, 0) is 31.0 Å². The van der Waals surface area contributed by atoms with E-state index in [-0.39, 0.29) is 23.9 Å². The highest BCUT2D eigenvalue weighted by molar-refractivity contribution is 5.88. The Bertz CT molecular complexity index is 456. The predicted molar refractivity (Wildman–Crippen MR) is 74.2 cm³/mol. The number of hydrogen-bond donors (Lipinski definition) is 1. The van der Waals surface area contributed by atoms with Gasteiger partial charge in [0.1, 0.15) is 0 Å². The second kappa shape index (κ2) is 6.92. The summed E-state index contributed by atoms with van der Waals surface area (Å²) >= 11 is 0. The molecule has 1 N–H and O–H groups in total. The van der Waals surface area contributed by atoms with Crippen LogP contribution in [-0.4, -0.2) is 35.0 Å². The fourth-order valence-corrected chi connectivity index (χ4v) is 1.97. The summed E-state index contributed by atoms with van der Waals surface area (Å²) in [5.41, 5.74) is 0.954. The summed E-state index contributed by atoms with van der Waals surface area (Å²) in [5.74, 6) is -0.953. The van der Waals surface area contributed by atoms with Crippen LogP contribution in [0.1, 0.15) is 42.6 Å². The van der Waals surface area contributed by atoms with E-state index in [1.165, 1.54) is 6.07 Å². The van der Waals surface area contributed by atoms with Gasteiger partial charge in [-0.15, -0.1) is 0 Å². The zero-order valence-corrected chi connectivity index (χ0v) is 11.7. The first-order valence-electron chi connectivity index (χ1n) is 6.53. The summed E-state index contributed by atoms with van der Waals surface area (Å²) in [6, 6.07) is 6.74. The molecule has 0 aliphatic rings. The van der Waals surface area contributed by atoms with Crippen LogP contribution in [0, 0.1) is 0 Å². The van der Waals surface area contributed by atoms with Gasteiger partial charge >= 0.3 is 5.97 Å². The van der Waals surface area contributed by atoms with Crippen molar-refractivity contribution in [1.29, 1.82) is 0 Å². The first-order valence-corrected chi connectivity index (χ1v) is 6.53. The molecule has 4 heteroatoms. The van der Waals surface area contributed by atoms with Gasteiger partial charge in [-0.2, -0.15) is 0 Å². The molecule has 1 aromatic carbocycles. The maximum atomic E-state index is 12.1. The molecule has 1 atom stereocenters.